The summed E-state index contributed by atoms with van der Waals surface area (Å²) in [5.41, 5.74) is 1.49. The lowest BCUT2D eigenvalue weighted by Crippen LogP contribution is -2.18. The van der Waals surface area contributed by atoms with Gasteiger partial charge in [-0.25, -0.2) is 0 Å². The standard InChI is InChI=1S/C17H15ClO/c1-13-8-9-16(18)12-14(13)10-11-17(2,19)15-6-4-3-5-7-15/h3-9,12,19H,1-2H3. The molecule has 2 aromatic rings. The predicted molar refractivity (Wildman–Crippen MR) is 79.1 cm³/mol. The van der Waals surface area contributed by atoms with E-state index in [1.165, 1.54) is 0 Å². The topological polar surface area (TPSA) is 20.2 Å². The predicted octanol–water partition coefficient (Wildman–Crippen LogP) is 3.91. The number of benzene rings is 2. The second-order valence-electron chi connectivity index (χ2n) is 4.65. The highest BCUT2D eigenvalue weighted by Gasteiger charge is 2.19. The number of rotatable bonds is 1. The minimum absolute atomic E-state index is 0.647. The molecule has 0 amide bonds. The SMILES string of the molecule is Cc1ccc(Cl)cc1C#CC(C)(O)c1ccccc1. The van der Waals surface area contributed by atoms with Crippen LogP contribution in [0.4, 0.5) is 0 Å². The van der Waals surface area contributed by atoms with Crippen LogP contribution in [0, 0.1) is 18.8 Å². The van der Waals surface area contributed by atoms with Crippen molar-refractivity contribution in [2.45, 2.75) is 19.4 Å². The molecule has 0 aliphatic rings. The van der Waals surface area contributed by atoms with Crippen LogP contribution in [0.15, 0.2) is 48.5 Å². The lowest BCUT2D eigenvalue weighted by atomic mass is 9.96. The first-order valence-corrected chi connectivity index (χ1v) is 6.44. The van der Waals surface area contributed by atoms with Crippen LogP contribution in [0.1, 0.15) is 23.6 Å². The van der Waals surface area contributed by atoms with Crippen LogP contribution in [0.25, 0.3) is 0 Å². The maximum absolute atomic E-state index is 10.4. The van der Waals surface area contributed by atoms with Crippen molar-refractivity contribution in [1.82, 2.24) is 0 Å². The number of aliphatic hydroxyl groups is 1. The number of hydrogen-bond acceptors (Lipinski definition) is 1. The first kappa shape index (κ1) is 13.7. The van der Waals surface area contributed by atoms with Gasteiger partial charge < -0.3 is 5.11 Å². The molecule has 1 atom stereocenters. The van der Waals surface area contributed by atoms with E-state index in [9.17, 15) is 5.11 Å². The third kappa shape index (κ3) is 3.38. The number of hydrogen-bond donors (Lipinski definition) is 1. The van der Waals surface area contributed by atoms with Crippen molar-refractivity contribution >= 4 is 11.6 Å². The van der Waals surface area contributed by atoms with E-state index < -0.39 is 5.60 Å². The quantitative estimate of drug-likeness (QED) is 0.779. The molecule has 0 spiro atoms. The largest absolute Gasteiger partial charge is 0.374 e. The molecule has 0 bridgehead atoms. The molecular weight excluding hydrogens is 256 g/mol. The molecule has 96 valence electrons. The zero-order chi connectivity index (χ0) is 13.9. The van der Waals surface area contributed by atoms with Gasteiger partial charge in [0.25, 0.3) is 0 Å². The van der Waals surface area contributed by atoms with Crippen molar-refractivity contribution in [3.05, 3.63) is 70.2 Å². The number of aryl methyl sites for hydroxylation is 1. The van der Waals surface area contributed by atoms with Gasteiger partial charge in [-0.15, -0.1) is 0 Å². The average molecular weight is 271 g/mol. The monoisotopic (exact) mass is 270 g/mol. The smallest absolute Gasteiger partial charge is 0.148 e. The Bertz CT molecular complexity index is 633. The van der Waals surface area contributed by atoms with Gasteiger partial charge >= 0.3 is 0 Å². The van der Waals surface area contributed by atoms with E-state index in [1.807, 2.05) is 55.5 Å². The second-order valence-corrected chi connectivity index (χ2v) is 5.08. The fraction of sp³-hybridized carbons (Fsp3) is 0.176. The Morgan fingerprint density at radius 3 is 2.47 bits per heavy atom. The Kier molecular flexibility index (Phi) is 3.95. The first-order valence-electron chi connectivity index (χ1n) is 6.06. The Hall–Kier alpha value is -1.75. The molecule has 0 saturated heterocycles. The summed E-state index contributed by atoms with van der Waals surface area (Å²) in [5.74, 6) is 5.91. The molecule has 1 nitrogen and oxygen atoms in total. The molecule has 1 unspecified atom stereocenters. The maximum atomic E-state index is 10.4. The lowest BCUT2D eigenvalue weighted by Gasteiger charge is -2.16. The summed E-state index contributed by atoms with van der Waals surface area (Å²) in [6, 6.07) is 15.0. The molecule has 2 aromatic carbocycles. The van der Waals surface area contributed by atoms with Gasteiger partial charge in [0, 0.05) is 10.6 Å². The minimum Gasteiger partial charge on any atom is -0.374 e. The van der Waals surface area contributed by atoms with Crippen molar-refractivity contribution in [2.24, 2.45) is 0 Å². The van der Waals surface area contributed by atoms with Gasteiger partial charge in [-0.3, -0.25) is 0 Å². The molecule has 2 heteroatoms. The summed E-state index contributed by atoms with van der Waals surface area (Å²) in [6.07, 6.45) is 0. The summed E-state index contributed by atoms with van der Waals surface area (Å²) < 4.78 is 0. The van der Waals surface area contributed by atoms with E-state index in [-0.39, 0.29) is 0 Å². The summed E-state index contributed by atoms with van der Waals surface area (Å²) in [5, 5.41) is 11.0. The van der Waals surface area contributed by atoms with E-state index in [1.54, 1.807) is 6.92 Å². The molecule has 0 saturated carbocycles. The van der Waals surface area contributed by atoms with Crippen molar-refractivity contribution < 1.29 is 5.11 Å². The van der Waals surface area contributed by atoms with Crippen LogP contribution >= 0.6 is 11.6 Å². The molecule has 0 aliphatic carbocycles. The lowest BCUT2D eigenvalue weighted by molar-refractivity contribution is 0.122. The van der Waals surface area contributed by atoms with Gasteiger partial charge in [-0.2, -0.15) is 0 Å². The van der Waals surface area contributed by atoms with Gasteiger partial charge in [0.1, 0.15) is 5.60 Å². The molecule has 0 aromatic heterocycles. The van der Waals surface area contributed by atoms with E-state index in [4.69, 9.17) is 11.6 Å². The molecule has 1 N–H and O–H groups in total. The normalized spacial score (nSPS) is 13.3. The minimum atomic E-state index is -1.17. The Morgan fingerprint density at radius 1 is 1.11 bits per heavy atom. The van der Waals surface area contributed by atoms with Gasteiger partial charge in [0.05, 0.1) is 0 Å². The molecule has 19 heavy (non-hydrogen) atoms. The molecule has 2 rings (SSSR count). The summed E-state index contributed by atoms with van der Waals surface area (Å²) in [4.78, 5) is 0. The fourth-order valence-electron chi connectivity index (χ4n) is 1.75. The van der Waals surface area contributed by atoms with Crippen molar-refractivity contribution in [3.63, 3.8) is 0 Å². The molecule has 0 aliphatic heterocycles. The van der Waals surface area contributed by atoms with Crippen LogP contribution in [-0.4, -0.2) is 5.11 Å². The average Bonchev–Trinajstić information content (AvgIpc) is 2.41. The van der Waals surface area contributed by atoms with E-state index >= 15 is 0 Å². The second kappa shape index (κ2) is 5.48. The third-order valence-electron chi connectivity index (χ3n) is 2.98. The van der Waals surface area contributed by atoms with Gasteiger partial charge in [0.2, 0.25) is 0 Å². The van der Waals surface area contributed by atoms with Crippen LogP contribution in [0.3, 0.4) is 0 Å². The molecule has 0 fully saturated rings. The van der Waals surface area contributed by atoms with Crippen LogP contribution < -0.4 is 0 Å². The highest BCUT2D eigenvalue weighted by molar-refractivity contribution is 6.30. The highest BCUT2D eigenvalue weighted by Crippen LogP contribution is 2.20. The van der Waals surface area contributed by atoms with E-state index in [0.717, 1.165) is 16.7 Å². The van der Waals surface area contributed by atoms with Crippen molar-refractivity contribution in [2.75, 3.05) is 0 Å². The summed E-state index contributed by atoms with van der Waals surface area (Å²) >= 11 is 5.95. The zero-order valence-corrected chi connectivity index (χ0v) is 11.7. The van der Waals surface area contributed by atoms with E-state index in [2.05, 4.69) is 11.8 Å². The Morgan fingerprint density at radius 2 is 1.79 bits per heavy atom. The molecule has 0 heterocycles. The molecular formula is C17H15ClO. The van der Waals surface area contributed by atoms with Gasteiger partial charge in [-0.1, -0.05) is 59.8 Å². The Labute approximate surface area is 118 Å². The third-order valence-corrected chi connectivity index (χ3v) is 3.21. The van der Waals surface area contributed by atoms with Crippen LogP contribution in [0.5, 0.6) is 0 Å². The Balaban J connectivity index is 2.36. The zero-order valence-electron chi connectivity index (χ0n) is 10.9. The van der Waals surface area contributed by atoms with Crippen molar-refractivity contribution in [3.8, 4) is 11.8 Å². The summed E-state index contributed by atoms with van der Waals surface area (Å²) in [6.45, 7) is 3.66. The van der Waals surface area contributed by atoms with Gasteiger partial charge in [0.15, 0.2) is 0 Å². The van der Waals surface area contributed by atoms with E-state index in [0.29, 0.717) is 5.02 Å². The molecule has 0 radical (unpaired) electrons. The number of halogens is 1. The van der Waals surface area contributed by atoms with Crippen LogP contribution in [0.2, 0.25) is 5.02 Å². The summed E-state index contributed by atoms with van der Waals surface area (Å²) in [7, 11) is 0. The van der Waals surface area contributed by atoms with Crippen molar-refractivity contribution in [1.29, 1.82) is 0 Å². The van der Waals surface area contributed by atoms with Crippen LogP contribution in [-0.2, 0) is 5.60 Å². The maximum Gasteiger partial charge on any atom is 0.148 e. The fourth-order valence-corrected chi connectivity index (χ4v) is 1.92. The first-order chi connectivity index (χ1) is 8.99. The highest BCUT2D eigenvalue weighted by atomic mass is 35.5. The van der Waals surface area contributed by atoms with Gasteiger partial charge in [-0.05, 0) is 37.1 Å².